The van der Waals surface area contributed by atoms with E-state index in [1.807, 2.05) is 17.0 Å². The zero-order valence-corrected chi connectivity index (χ0v) is 15.1. The number of likely N-dealkylation sites (tertiary alicyclic amines) is 1. The molecule has 2 aliphatic heterocycles. The predicted molar refractivity (Wildman–Crippen MR) is 97.9 cm³/mol. The first-order valence-electron chi connectivity index (χ1n) is 9.21. The normalized spacial score (nSPS) is 20.0. The van der Waals surface area contributed by atoms with Crippen molar-refractivity contribution in [1.82, 2.24) is 9.80 Å². The summed E-state index contributed by atoms with van der Waals surface area (Å²) in [4.78, 5) is 19.5. The van der Waals surface area contributed by atoms with Crippen molar-refractivity contribution in [2.75, 3.05) is 64.4 Å². The van der Waals surface area contributed by atoms with E-state index in [4.69, 9.17) is 4.74 Å². The molecule has 1 N–H and O–H groups in total. The van der Waals surface area contributed by atoms with Crippen molar-refractivity contribution in [3.05, 3.63) is 24.3 Å². The van der Waals surface area contributed by atoms with Gasteiger partial charge in [-0.15, -0.1) is 0 Å². The first-order valence-corrected chi connectivity index (χ1v) is 9.21. The van der Waals surface area contributed by atoms with Crippen LogP contribution in [0.2, 0.25) is 0 Å². The van der Waals surface area contributed by atoms with Gasteiger partial charge in [0.05, 0.1) is 6.61 Å². The molecule has 2 fully saturated rings. The lowest BCUT2D eigenvalue weighted by Crippen LogP contribution is -2.51. The van der Waals surface area contributed by atoms with Crippen molar-refractivity contribution in [2.24, 2.45) is 5.92 Å². The third kappa shape index (κ3) is 4.64. The Morgan fingerprint density at radius 2 is 1.72 bits per heavy atom. The third-order valence-corrected chi connectivity index (χ3v) is 5.35. The lowest BCUT2D eigenvalue weighted by Gasteiger charge is -2.39. The van der Waals surface area contributed by atoms with E-state index in [-0.39, 0.29) is 11.7 Å². The predicted octanol–water partition coefficient (Wildman–Crippen LogP) is 1.40. The van der Waals surface area contributed by atoms with Crippen LogP contribution in [0.15, 0.2) is 24.3 Å². The van der Waals surface area contributed by atoms with Gasteiger partial charge in [0.15, 0.2) is 0 Å². The molecule has 0 aliphatic carbocycles. The van der Waals surface area contributed by atoms with Crippen LogP contribution in [0.4, 0.5) is 5.69 Å². The summed E-state index contributed by atoms with van der Waals surface area (Å²) in [5, 5.41) is 9.40. The average molecular weight is 347 g/mol. The number of benzene rings is 1. The second-order valence-corrected chi connectivity index (χ2v) is 6.94. The fourth-order valence-corrected chi connectivity index (χ4v) is 3.73. The maximum atomic E-state index is 12.8. The minimum atomic E-state index is 0.180. The van der Waals surface area contributed by atoms with E-state index in [2.05, 4.69) is 9.80 Å². The SMILES string of the molecule is COCCN1CCC(C(=O)N2CCN(c3ccc(O)cc3)CC2)CC1. The highest BCUT2D eigenvalue weighted by Crippen LogP contribution is 2.23. The quantitative estimate of drug-likeness (QED) is 0.873. The Kier molecular flexibility index (Phi) is 6.15. The van der Waals surface area contributed by atoms with Gasteiger partial charge in [-0.3, -0.25) is 4.79 Å². The Labute approximate surface area is 150 Å². The fraction of sp³-hybridized carbons (Fsp3) is 0.632. The maximum absolute atomic E-state index is 12.8. The van der Waals surface area contributed by atoms with E-state index in [9.17, 15) is 9.90 Å². The van der Waals surface area contributed by atoms with Crippen molar-refractivity contribution in [3.8, 4) is 5.75 Å². The van der Waals surface area contributed by atoms with E-state index in [1.165, 1.54) is 0 Å². The van der Waals surface area contributed by atoms with Crippen LogP contribution in [0.25, 0.3) is 0 Å². The molecule has 138 valence electrons. The first kappa shape index (κ1) is 18.0. The zero-order valence-electron chi connectivity index (χ0n) is 15.1. The molecule has 2 heterocycles. The topological polar surface area (TPSA) is 56.2 Å². The van der Waals surface area contributed by atoms with Gasteiger partial charge in [-0.25, -0.2) is 0 Å². The number of piperazine rings is 1. The maximum Gasteiger partial charge on any atom is 0.225 e. The van der Waals surface area contributed by atoms with Crippen molar-refractivity contribution in [3.63, 3.8) is 0 Å². The summed E-state index contributed by atoms with van der Waals surface area (Å²) in [5.74, 6) is 0.796. The average Bonchev–Trinajstić information content (AvgIpc) is 2.67. The molecule has 25 heavy (non-hydrogen) atoms. The smallest absolute Gasteiger partial charge is 0.225 e. The van der Waals surface area contributed by atoms with Gasteiger partial charge >= 0.3 is 0 Å². The molecule has 2 aliphatic rings. The standard InChI is InChI=1S/C19H29N3O3/c1-25-15-14-20-8-6-16(7-9-20)19(24)22-12-10-21(11-13-22)17-2-4-18(23)5-3-17/h2-5,16,23H,6-15H2,1H3. The van der Waals surface area contributed by atoms with Crippen LogP contribution in [-0.4, -0.2) is 80.3 Å². The summed E-state index contributed by atoms with van der Waals surface area (Å²) in [6.45, 7) is 6.97. The molecule has 0 bridgehead atoms. The Morgan fingerprint density at radius 3 is 2.32 bits per heavy atom. The number of amides is 1. The van der Waals surface area contributed by atoms with Crippen LogP contribution in [0.5, 0.6) is 5.75 Å². The molecule has 2 saturated heterocycles. The van der Waals surface area contributed by atoms with Gasteiger partial charge in [-0.05, 0) is 50.2 Å². The molecule has 0 saturated carbocycles. The summed E-state index contributed by atoms with van der Waals surface area (Å²) < 4.78 is 5.13. The zero-order chi connectivity index (χ0) is 17.6. The molecular weight excluding hydrogens is 318 g/mol. The van der Waals surface area contributed by atoms with Gasteiger partial charge in [-0.1, -0.05) is 0 Å². The number of hydrogen-bond donors (Lipinski definition) is 1. The minimum absolute atomic E-state index is 0.180. The van der Waals surface area contributed by atoms with Gasteiger partial charge in [-0.2, -0.15) is 0 Å². The van der Waals surface area contributed by atoms with Crippen molar-refractivity contribution >= 4 is 11.6 Å². The highest BCUT2D eigenvalue weighted by atomic mass is 16.5. The van der Waals surface area contributed by atoms with Crippen molar-refractivity contribution in [1.29, 1.82) is 0 Å². The largest absolute Gasteiger partial charge is 0.508 e. The summed E-state index contributed by atoms with van der Waals surface area (Å²) >= 11 is 0. The molecule has 3 rings (SSSR count). The number of anilines is 1. The number of hydrogen-bond acceptors (Lipinski definition) is 5. The van der Waals surface area contributed by atoms with Crippen molar-refractivity contribution in [2.45, 2.75) is 12.8 Å². The van der Waals surface area contributed by atoms with Crippen LogP contribution in [-0.2, 0) is 9.53 Å². The number of methoxy groups -OCH3 is 1. The van der Waals surface area contributed by atoms with Crippen LogP contribution in [0, 0.1) is 5.92 Å². The number of carbonyl (C=O) groups excluding carboxylic acids is 1. The number of carbonyl (C=O) groups is 1. The Balaban J connectivity index is 1.45. The van der Waals surface area contributed by atoms with Crippen LogP contribution < -0.4 is 4.90 Å². The first-order chi connectivity index (χ1) is 12.2. The molecule has 0 radical (unpaired) electrons. The number of aromatic hydroxyl groups is 1. The molecule has 6 nitrogen and oxygen atoms in total. The molecule has 0 aromatic heterocycles. The molecule has 1 aromatic carbocycles. The molecule has 1 amide bonds. The highest BCUT2D eigenvalue weighted by Gasteiger charge is 2.30. The van der Waals surface area contributed by atoms with Crippen molar-refractivity contribution < 1.29 is 14.6 Å². The van der Waals surface area contributed by atoms with Crippen LogP contribution >= 0.6 is 0 Å². The number of nitrogens with zero attached hydrogens (tertiary/aromatic N) is 3. The van der Waals surface area contributed by atoms with E-state index < -0.39 is 0 Å². The molecule has 0 unspecified atom stereocenters. The Bertz CT molecular complexity index is 548. The van der Waals surface area contributed by atoms with E-state index in [0.717, 1.165) is 70.9 Å². The van der Waals surface area contributed by atoms with Gasteiger partial charge in [0.1, 0.15) is 5.75 Å². The van der Waals surface area contributed by atoms with Gasteiger partial charge in [0.2, 0.25) is 5.91 Å². The minimum Gasteiger partial charge on any atom is -0.508 e. The summed E-state index contributed by atoms with van der Waals surface area (Å²) in [5.41, 5.74) is 1.11. The van der Waals surface area contributed by atoms with E-state index in [0.29, 0.717) is 5.91 Å². The van der Waals surface area contributed by atoms with Gasteiger partial charge < -0.3 is 24.5 Å². The van der Waals surface area contributed by atoms with Gasteiger partial charge in [0.25, 0.3) is 0 Å². The highest BCUT2D eigenvalue weighted by molar-refractivity contribution is 5.79. The third-order valence-electron chi connectivity index (χ3n) is 5.35. The van der Waals surface area contributed by atoms with Crippen LogP contribution in [0.1, 0.15) is 12.8 Å². The van der Waals surface area contributed by atoms with E-state index >= 15 is 0 Å². The summed E-state index contributed by atoms with van der Waals surface area (Å²) in [6, 6.07) is 7.29. The van der Waals surface area contributed by atoms with Crippen LogP contribution in [0.3, 0.4) is 0 Å². The second-order valence-electron chi connectivity index (χ2n) is 6.94. The number of rotatable bonds is 5. The van der Waals surface area contributed by atoms with E-state index in [1.54, 1.807) is 19.2 Å². The molecule has 0 spiro atoms. The fourth-order valence-electron chi connectivity index (χ4n) is 3.73. The Morgan fingerprint density at radius 1 is 1.08 bits per heavy atom. The number of ether oxygens (including phenoxy) is 1. The lowest BCUT2D eigenvalue weighted by atomic mass is 9.95. The monoisotopic (exact) mass is 347 g/mol. The number of piperidine rings is 1. The molecule has 0 atom stereocenters. The molecular formula is C19H29N3O3. The Hall–Kier alpha value is -1.79. The second kappa shape index (κ2) is 8.54. The summed E-state index contributed by atoms with van der Waals surface area (Å²) in [7, 11) is 1.73. The summed E-state index contributed by atoms with van der Waals surface area (Å²) in [6.07, 6.45) is 1.92. The molecule has 6 heteroatoms. The van der Waals surface area contributed by atoms with Gasteiger partial charge in [0, 0.05) is 51.4 Å². The molecule has 1 aromatic rings. The number of phenols is 1. The lowest BCUT2D eigenvalue weighted by molar-refractivity contribution is -0.137. The number of phenolic OH excluding ortho intramolecular Hbond substituents is 1.